The van der Waals surface area contributed by atoms with Crippen LogP contribution in [0.3, 0.4) is 0 Å². The van der Waals surface area contributed by atoms with Crippen LogP contribution in [0.1, 0.15) is 35.7 Å². The maximum absolute atomic E-state index is 12.3. The van der Waals surface area contributed by atoms with E-state index >= 15 is 0 Å². The fourth-order valence-electron chi connectivity index (χ4n) is 2.73. The van der Waals surface area contributed by atoms with Crippen LogP contribution in [0.15, 0.2) is 77.9 Å². The van der Waals surface area contributed by atoms with Gasteiger partial charge in [0.15, 0.2) is 6.61 Å². The Kier molecular flexibility index (Phi) is 9.49. The third kappa shape index (κ3) is 8.26. The van der Waals surface area contributed by atoms with Gasteiger partial charge in [-0.25, -0.2) is 10.2 Å². The van der Waals surface area contributed by atoms with Crippen LogP contribution in [0.5, 0.6) is 17.2 Å². The molecule has 0 aromatic heterocycles. The number of hydrazone groups is 1. The van der Waals surface area contributed by atoms with E-state index in [1.165, 1.54) is 6.21 Å². The molecule has 0 unspecified atom stereocenters. The minimum absolute atomic E-state index is 0.196. The van der Waals surface area contributed by atoms with Crippen molar-refractivity contribution in [1.82, 2.24) is 5.43 Å². The number of halogens is 1. The first kappa shape index (κ1) is 24.8. The van der Waals surface area contributed by atoms with Crippen LogP contribution < -0.4 is 19.6 Å². The average Bonchev–Trinajstić information content (AvgIpc) is 2.84. The SMILES string of the molecule is CCCCOc1ccc(C(=O)Oc2ccc(C=NNC(=O)COc3cccc(Cl)c3)cc2)cc1. The van der Waals surface area contributed by atoms with Crippen LogP contribution in [0.4, 0.5) is 0 Å². The number of esters is 1. The summed E-state index contributed by atoms with van der Waals surface area (Å²) >= 11 is 5.87. The summed E-state index contributed by atoms with van der Waals surface area (Å²) < 4.78 is 16.3. The van der Waals surface area contributed by atoms with E-state index in [1.54, 1.807) is 72.8 Å². The predicted molar refractivity (Wildman–Crippen MR) is 131 cm³/mol. The highest BCUT2D eigenvalue weighted by Crippen LogP contribution is 2.18. The molecule has 0 heterocycles. The molecular weight excluding hydrogens is 456 g/mol. The summed E-state index contributed by atoms with van der Waals surface area (Å²) in [5, 5.41) is 4.42. The number of nitrogens with one attached hydrogen (secondary N) is 1. The van der Waals surface area contributed by atoms with Gasteiger partial charge >= 0.3 is 5.97 Å². The van der Waals surface area contributed by atoms with Crippen LogP contribution in [-0.2, 0) is 4.79 Å². The van der Waals surface area contributed by atoms with Crippen molar-refractivity contribution in [2.24, 2.45) is 5.10 Å². The molecule has 3 aromatic carbocycles. The number of nitrogens with zero attached hydrogens (tertiary/aromatic N) is 1. The van der Waals surface area contributed by atoms with Crippen LogP contribution in [-0.4, -0.2) is 31.3 Å². The van der Waals surface area contributed by atoms with Gasteiger partial charge in [0.05, 0.1) is 18.4 Å². The number of carbonyl (C=O) groups is 2. The van der Waals surface area contributed by atoms with E-state index < -0.39 is 11.9 Å². The van der Waals surface area contributed by atoms with E-state index in [9.17, 15) is 9.59 Å². The minimum Gasteiger partial charge on any atom is -0.494 e. The summed E-state index contributed by atoms with van der Waals surface area (Å²) in [6, 6.07) is 20.3. The molecule has 1 N–H and O–H groups in total. The Labute approximate surface area is 203 Å². The van der Waals surface area contributed by atoms with Gasteiger partial charge in [0.1, 0.15) is 17.2 Å². The quantitative estimate of drug-likeness (QED) is 0.133. The molecule has 0 aliphatic carbocycles. The zero-order valence-electron chi connectivity index (χ0n) is 18.7. The maximum atomic E-state index is 12.3. The number of amides is 1. The molecule has 0 aliphatic heterocycles. The molecule has 3 aromatic rings. The first-order chi connectivity index (χ1) is 16.5. The Morgan fingerprint density at radius 3 is 2.38 bits per heavy atom. The molecule has 3 rings (SSSR count). The van der Waals surface area contributed by atoms with Gasteiger partial charge in [-0.1, -0.05) is 31.0 Å². The van der Waals surface area contributed by atoms with Gasteiger partial charge < -0.3 is 14.2 Å². The molecule has 0 saturated heterocycles. The lowest BCUT2D eigenvalue weighted by molar-refractivity contribution is -0.123. The van der Waals surface area contributed by atoms with Gasteiger partial charge in [-0.05, 0) is 78.7 Å². The molecule has 8 heteroatoms. The summed E-state index contributed by atoms with van der Waals surface area (Å²) in [5.74, 6) is 0.728. The largest absolute Gasteiger partial charge is 0.494 e. The molecule has 0 atom stereocenters. The van der Waals surface area contributed by atoms with E-state index in [1.807, 2.05) is 0 Å². The molecule has 0 spiro atoms. The molecule has 0 bridgehead atoms. The molecule has 7 nitrogen and oxygen atoms in total. The lowest BCUT2D eigenvalue weighted by Gasteiger charge is -2.07. The van der Waals surface area contributed by atoms with Crippen LogP contribution in [0.25, 0.3) is 0 Å². The number of hydrogen-bond acceptors (Lipinski definition) is 6. The summed E-state index contributed by atoms with van der Waals surface area (Å²) in [5.41, 5.74) is 3.52. The van der Waals surface area contributed by atoms with Crippen molar-refractivity contribution in [3.63, 3.8) is 0 Å². The maximum Gasteiger partial charge on any atom is 0.343 e. The molecule has 0 radical (unpaired) electrons. The molecule has 34 heavy (non-hydrogen) atoms. The zero-order chi connectivity index (χ0) is 24.2. The third-order valence-electron chi connectivity index (χ3n) is 4.52. The predicted octanol–water partition coefficient (Wildman–Crippen LogP) is 5.27. The topological polar surface area (TPSA) is 86.2 Å². The van der Waals surface area contributed by atoms with Gasteiger partial charge in [-0.2, -0.15) is 5.10 Å². The smallest absolute Gasteiger partial charge is 0.343 e. The molecule has 0 fully saturated rings. The van der Waals surface area contributed by atoms with E-state index in [0.29, 0.717) is 34.3 Å². The van der Waals surface area contributed by atoms with Crippen molar-refractivity contribution >= 4 is 29.7 Å². The lowest BCUT2D eigenvalue weighted by atomic mass is 10.2. The van der Waals surface area contributed by atoms with Crippen molar-refractivity contribution in [3.8, 4) is 17.2 Å². The van der Waals surface area contributed by atoms with Gasteiger partial charge in [0, 0.05) is 5.02 Å². The van der Waals surface area contributed by atoms with Gasteiger partial charge in [0.2, 0.25) is 0 Å². The number of hydrogen-bond donors (Lipinski definition) is 1. The summed E-state index contributed by atoms with van der Waals surface area (Å²) in [6.45, 7) is 2.55. The van der Waals surface area contributed by atoms with Crippen LogP contribution in [0, 0.1) is 0 Å². The molecule has 0 saturated carbocycles. The van der Waals surface area contributed by atoms with Crippen molar-refractivity contribution in [1.29, 1.82) is 0 Å². The highest BCUT2D eigenvalue weighted by atomic mass is 35.5. The highest BCUT2D eigenvalue weighted by Gasteiger charge is 2.09. The summed E-state index contributed by atoms with van der Waals surface area (Å²) in [7, 11) is 0. The van der Waals surface area contributed by atoms with Crippen molar-refractivity contribution in [2.75, 3.05) is 13.2 Å². The second kappa shape index (κ2) is 13.0. The van der Waals surface area contributed by atoms with Crippen molar-refractivity contribution in [2.45, 2.75) is 19.8 Å². The van der Waals surface area contributed by atoms with Gasteiger partial charge in [-0.3, -0.25) is 4.79 Å². The van der Waals surface area contributed by atoms with E-state index in [-0.39, 0.29) is 6.61 Å². The second-order valence-electron chi connectivity index (χ2n) is 7.22. The first-order valence-electron chi connectivity index (χ1n) is 10.8. The monoisotopic (exact) mass is 480 g/mol. The molecule has 176 valence electrons. The first-order valence-corrected chi connectivity index (χ1v) is 11.2. The normalized spacial score (nSPS) is 10.6. The number of ether oxygens (including phenoxy) is 3. The fourth-order valence-corrected chi connectivity index (χ4v) is 2.91. The Hall–Kier alpha value is -3.84. The zero-order valence-corrected chi connectivity index (χ0v) is 19.5. The molecular formula is C26H25ClN2O5. The Morgan fingerprint density at radius 1 is 0.941 bits per heavy atom. The Morgan fingerprint density at radius 2 is 1.68 bits per heavy atom. The average molecular weight is 481 g/mol. The number of rotatable bonds is 11. The standard InChI is InChI=1S/C26H25ClN2O5/c1-2-3-15-32-22-13-9-20(10-14-22)26(31)34-23-11-7-19(8-12-23)17-28-29-25(30)18-33-24-6-4-5-21(27)16-24/h4-14,16-17H,2-3,15,18H2,1H3,(H,29,30). The van der Waals surface area contributed by atoms with E-state index in [2.05, 4.69) is 17.5 Å². The van der Waals surface area contributed by atoms with E-state index in [0.717, 1.165) is 18.6 Å². The molecule has 0 aliphatic rings. The highest BCUT2D eigenvalue weighted by molar-refractivity contribution is 6.30. The van der Waals surface area contributed by atoms with Crippen molar-refractivity contribution in [3.05, 3.63) is 88.9 Å². The Bertz CT molecular complexity index is 1110. The van der Waals surface area contributed by atoms with Crippen molar-refractivity contribution < 1.29 is 23.8 Å². The van der Waals surface area contributed by atoms with Gasteiger partial charge in [0.25, 0.3) is 5.91 Å². The van der Waals surface area contributed by atoms with Gasteiger partial charge in [-0.15, -0.1) is 0 Å². The number of benzene rings is 3. The summed E-state index contributed by atoms with van der Waals surface area (Å²) in [4.78, 5) is 24.2. The van der Waals surface area contributed by atoms with Crippen LogP contribution in [0.2, 0.25) is 5.02 Å². The second-order valence-corrected chi connectivity index (χ2v) is 7.66. The van der Waals surface area contributed by atoms with Crippen LogP contribution >= 0.6 is 11.6 Å². The van der Waals surface area contributed by atoms with E-state index in [4.69, 9.17) is 25.8 Å². The lowest BCUT2D eigenvalue weighted by Crippen LogP contribution is -2.24. The number of carbonyl (C=O) groups excluding carboxylic acids is 2. The third-order valence-corrected chi connectivity index (χ3v) is 4.75. The Balaban J connectivity index is 1.43. The fraction of sp³-hybridized carbons (Fsp3) is 0.192. The summed E-state index contributed by atoms with van der Waals surface area (Å²) in [6.07, 6.45) is 3.51. The number of unbranched alkanes of at least 4 members (excludes halogenated alkanes) is 1. The minimum atomic E-state index is -0.464. The molecule has 1 amide bonds.